The zero-order valence-electron chi connectivity index (χ0n) is 15.4. The molecule has 1 heterocycles. The number of nitrogens with zero attached hydrogens (tertiary/aromatic N) is 1. The van der Waals surface area contributed by atoms with Crippen molar-refractivity contribution in [1.82, 2.24) is 5.32 Å². The predicted molar refractivity (Wildman–Crippen MR) is 98.9 cm³/mol. The summed E-state index contributed by atoms with van der Waals surface area (Å²) in [6, 6.07) is 6.00. The van der Waals surface area contributed by atoms with Gasteiger partial charge in [-0.3, -0.25) is 14.9 Å². The first kappa shape index (κ1) is 19.1. The molecule has 144 valence electrons. The molecule has 0 radical (unpaired) electrons. The third-order valence-corrected chi connectivity index (χ3v) is 5.27. The Hall–Kier alpha value is -2.70. The van der Waals surface area contributed by atoms with Gasteiger partial charge in [-0.1, -0.05) is 25.0 Å². The van der Waals surface area contributed by atoms with Crippen LogP contribution in [0.2, 0.25) is 0 Å². The zero-order valence-corrected chi connectivity index (χ0v) is 15.4. The Bertz CT molecular complexity index is 761. The number of amides is 1. The summed E-state index contributed by atoms with van der Waals surface area (Å²) in [4.78, 5) is 35.3. The maximum absolute atomic E-state index is 12.9. The summed E-state index contributed by atoms with van der Waals surface area (Å²) < 4.78 is 5.77. The lowest BCUT2D eigenvalue weighted by atomic mass is 9.84. The molecule has 7 heteroatoms. The third kappa shape index (κ3) is 4.53. The number of hydrogen-bond acceptors (Lipinski definition) is 5. The maximum Gasteiger partial charge on any atom is 0.336 e. The highest BCUT2D eigenvalue weighted by atomic mass is 16.6. The fraction of sp³-hybridized carbons (Fsp3) is 0.500. The van der Waals surface area contributed by atoms with E-state index in [4.69, 9.17) is 4.74 Å². The van der Waals surface area contributed by atoms with Crippen LogP contribution in [0.15, 0.2) is 35.5 Å². The second kappa shape index (κ2) is 8.33. The standard InChI is InChI=1S/C20H24N2O5/c1-13-19(20(24)27-16-6-4-2-3-5-7-16)17(12-18(23)21-13)14-8-10-15(11-9-14)22(25)26/h8-11,16-17H,2-7,12H2,1H3,(H,21,23)/t17-/m1/s1. The van der Waals surface area contributed by atoms with Crippen LogP contribution in [0.4, 0.5) is 5.69 Å². The first-order valence-electron chi connectivity index (χ1n) is 9.41. The lowest BCUT2D eigenvalue weighted by molar-refractivity contribution is -0.384. The fourth-order valence-corrected chi connectivity index (χ4v) is 3.86. The number of allylic oxidation sites excluding steroid dienone is 1. The number of non-ortho nitro benzene ring substituents is 1. The Morgan fingerprint density at radius 3 is 2.37 bits per heavy atom. The van der Waals surface area contributed by atoms with E-state index in [-0.39, 0.29) is 24.1 Å². The topological polar surface area (TPSA) is 98.5 Å². The molecule has 2 aliphatic rings. The highest BCUT2D eigenvalue weighted by Crippen LogP contribution is 2.35. The molecule has 3 rings (SSSR count). The summed E-state index contributed by atoms with van der Waals surface area (Å²) in [6.45, 7) is 1.69. The summed E-state index contributed by atoms with van der Waals surface area (Å²) >= 11 is 0. The van der Waals surface area contributed by atoms with Gasteiger partial charge in [0.15, 0.2) is 0 Å². The van der Waals surface area contributed by atoms with Gasteiger partial charge in [0.25, 0.3) is 5.69 Å². The Morgan fingerprint density at radius 1 is 1.15 bits per heavy atom. The summed E-state index contributed by atoms with van der Waals surface area (Å²) in [6.07, 6.45) is 6.20. The number of rotatable bonds is 4. The Kier molecular flexibility index (Phi) is 5.88. The molecular formula is C20H24N2O5. The molecule has 27 heavy (non-hydrogen) atoms. The second-order valence-electron chi connectivity index (χ2n) is 7.21. The highest BCUT2D eigenvalue weighted by Gasteiger charge is 2.34. The molecule has 0 spiro atoms. The zero-order chi connectivity index (χ0) is 19.4. The number of nitro benzene ring substituents is 1. The van der Waals surface area contributed by atoms with Gasteiger partial charge < -0.3 is 10.1 Å². The quantitative estimate of drug-likeness (QED) is 0.376. The van der Waals surface area contributed by atoms with Gasteiger partial charge in [0.2, 0.25) is 5.91 Å². The van der Waals surface area contributed by atoms with Crippen LogP contribution in [0.5, 0.6) is 0 Å². The molecule has 1 aromatic carbocycles. The molecule has 1 aromatic rings. The smallest absolute Gasteiger partial charge is 0.336 e. The monoisotopic (exact) mass is 372 g/mol. The summed E-state index contributed by atoms with van der Waals surface area (Å²) in [7, 11) is 0. The first-order chi connectivity index (χ1) is 13.0. The van der Waals surface area contributed by atoms with Gasteiger partial charge in [0.1, 0.15) is 6.10 Å². The molecule has 1 fully saturated rings. The van der Waals surface area contributed by atoms with Gasteiger partial charge >= 0.3 is 5.97 Å². The molecule has 1 N–H and O–H groups in total. The van der Waals surface area contributed by atoms with Gasteiger partial charge in [0.05, 0.1) is 10.5 Å². The molecule has 1 saturated carbocycles. The largest absolute Gasteiger partial charge is 0.459 e. The van der Waals surface area contributed by atoms with E-state index in [9.17, 15) is 19.7 Å². The molecule has 0 bridgehead atoms. The summed E-state index contributed by atoms with van der Waals surface area (Å²) in [5.74, 6) is -1.04. The molecule has 1 atom stereocenters. The lowest BCUT2D eigenvalue weighted by Crippen LogP contribution is -2.35. The van der Waals surface area contributed by atoms with Gasteiger partial charge in [-0.05, 0) is 38.2 Å². The van der Waals surface area contributed by atoms with E-state index >= 15 is 0 Å². The number of carbonyl (C=O) groups is 2. The van der Waals surface area contributed by atoms with Crippen LogP contribution in [0.1, 0.15) is 63.4 Å². The van der Waals surface area contributed by atoms with E-state index in [1.165, 1.54) is 12.1 Å². The van der Waals surface area contributed by atoms with Crippen molar-refractivity contribution in [3.63, 3.8) is 0 Å². The highest BCUT2D eigenvalue weighted by molar-refractivity contribution is 5.95. The molecule has 0 aromatic heterocycles. The molecule has 1 aliphatic carbocycles. The van der Waals surface area contributed by atoms with Gasteiger partial charge in [0, 0.05) is 30.2 Å². The number of hydrogen-bond donors (Lipinski definition) is 1. The van der Waals surface area contributed by atoms with E-state index in [0.29, 0.717) is 16.8 Å². The molecule has 0 saturated heterocycles. The van der Waals surface area contributed by atoms with Gasteiger partial charge in [-0.25, -0.2) is 4.79 Å². The van der Waals surface area contributed by atoms with Crippen LogP contribution in [0.25, 0.3) is 0 Å². The molecule has 7 nitrogen and oxygen atoms in total. The van der Waals surface area contributed by atoms with Crippen molar-refractivity contribution in [2.24, 2.45) is 0 Å². The average Bonchev–Trinajstić information content (AvgIpc) is 2.89. The Balaban J connectivity index is 1.84. The van der Waals surface area contributed by atoms with Crippen molar-refractivity contribution in [3.05, 3.63) is 51.2 Å². The summed E-state index contributed by atoms with van der Waals surface area (Å²) in [5.41, 5.74) is 1.60. The molecule has 1 amide bonds. The van der Waals surface area contributed by atoms with Crippen LogP contribution in [-0.4, -0.2) is 22.9 Å². The third-order valence-electron chi connectivity index (χ3n) is 5.27. The number of esters is 1. The van der Waals surface area contributed by atoms with Crippen LogP contribution >= 0.6 is 0 Å². The second-order valence-corrected chi connectivity index (χ2v) is 7.21. The minimum absolute atomic E-state index is 0.0257. The van der Waals surface area contributed by atoms with E-state index in [2.05, 4.69) is 5.32 Å². The van der Waals surface area contributed by atoms with E-state index in [1.54, 1.807) is 19.1 Å². The SMILES string of the molecule is CC1=C(C(=O)OC2CCCCCC2)[C@@H](c2ccc([N+](=O)[O-])cc2)CC(=O)N1. The Labute approximate surface area is 157 Å². The number of ether oxygens (including phenoxy) is 1. The van der Waals surface area contributed by atoms with Crippen molar-refractivity contribution in [2.75, 3.05) is 0 Å². The minimum atomic E-state index is -0.473. The van der Waals surface area contributed by atoms with Crippen LogP contribution in [0, 0.1) is 10.1 Å². The molecule has 1 aliphatic heterocycles. The van der Waals surface area contributed by atoms with Crippen LogP contribution in [-0.2, 0) is 14.3 Å². The van der Waals surface area contributed by atoms with Gasteiger partial charge in [-0.15, -0.1) is 0 Å². The van der Waals surface area contributed by atoms with Crippen molar-refractivity contribution in [2.45, 2.75) is 63.9 Å². The average molecular weight is 372 g/mol. The molecule has 0 unspecified atom stereocenters. The first-order valence-corrected chi connectivity index (χ1v) is 9.41. The van der Waals surface area contributed by atoms with Crippen LogP contribution in [0.3, 0.4) is 0 Å². The van der Waals surface area contributed by atoms with Crippen molar-refractivity contribution >= 4 is 17.6 Å². The normalized spacial score (nSPS) is 21.4. The fourth-order valence-electron chi connectivity index (χ4n) is 3.86. The predicted octanol–water partition coefficient (Wildman–Crippen LogP) is 3.74. The number of nitrogens with one attached hydrogen (secondary N) is 1. The van der Waals surface area contributed by atoms with E-state index in [1.807, 2.05) is 0 Å². The lowest BCUT2D eigenvalue weighted by Gasteiger charge is -2.28. The van der Waals surface area contributed by atoms with Crippen LogP contribution < -0.4 is 5.32 Å². The molecular weight excluding hydrogens is 348 g/mol. The number of benzene rings is 1. The minimum Gasteiger partial charge on any atom is -0.459 e. The van der Waals surface area contributed by atoms with E-state index in [0.717, 1.165) is 38.5 Å². The Morgan fingerprint density at radius 2 is 1.78 bits per heavy atom. The van der Waals surface area contributed by atoms with Crippen molar-refractivity contribution in [3.8, 4) is 0 Å². The summed E-state index contributed by atoms with van der Waals surface area (Å²) in [5, 5.41) is 13.6. The van der Waals surface area contributed by atoms with Crippen molar-refractivity contribution < 1.29 is 19.2 Å². The maximum atomic E-state index is 12.9. The van der Waals surface area contributed by atoms with Crippen molar-refractivity contribution in [1.29, 1.82) is 0 Å². The number of nitro groups is 1. The number of carbonyl (C=O) groups excluding carboxylic acids is 2. The van der Waals surface area contributed by atoms with Gasteiger partial charge in [-0.2, -0.15) is 0 Å². The van der Waals surface area contributed by atoms with E-state index < -0.39 is 16.8 Å².